The molecule has 4 rings (SSSR count). The number of likely N-dealkylation sites (tertiary alicyclic amines) is 1. The molecule has 4 heterocycles. The Balaban J connectivity index is 1.41. The van der Waals surface area contributed by atoms with Crippen LogP contribution < -0.4 is 5.32 Å². The van der Waals surface area contributed by atoms with E-state index in [1.165, 1.54) is 23.5 Å². The Bertz CT molecular complexity index is 1240. The summed E-state index contributed by atoms with van der Waals surface area (Å²) >= 11 is 0. The van der Waals surface area contributed by atoms with Gasteiger partial charge in [-0.25, -0.2) is 22.8 Å². The van der Waals surface area contributed by atoms with Crippen LogP contribution in [0.25, 0.3) is 11.3 Å². The minimum Gasteiger partial charge on any atom is -0.389 e. The van der Waals surface area contributed by atoms with Gasteiger partial charge in [-0.2, -0.15) is 22.6 Å². The van der Waals surface area contributed by atoms with Crippen molar-refractivity contribution in [2.24, 2.45) is 0 Å². The Kier molecular flexibility index (Phi) is 9.37. The lowest BCUT2D eigenvalue weighted by molar-refractivity contribution is -0.137. The summed E-state index contributed by atoms with van der Waals surface area (Å²) in [5, 5.41) is 16.8. The zero-order valence-corrected chi connectivity index (χ0v) is 23.6. The van der Waals surface area contributed by atoms with Crippen LogP contribution in [0.5, 0.6) is 0 Å². The lowest BCUT2D eigenvalue weighted by Crippen LogP contribution is -2.50. The van der Waals surface area contributed by atoms with Crippen molar-refractivity contribution in [3.05, 3.63) is 24.2 Å². The Labute approximate surface area is 231 Å². The van der Waals surface area contributed by atoms with Crippen molar-refractivity contribution in [3.8, 4) is 11.3 Å². The molecule has 2 aromatic rings. The van der Waals surface area contributed by atoms with E-state index in [0.29, 0.717) is 19.2 Å². The molecule has 224 valence electrons. The molecule has 10 nitrogen and oxygen atoms in total. The minimum atomic E-state index is -4.75. The SMILES string of the molecule is CC(C)(O)Cn1cc(-c2nc(N[C@H]3CCN(S(=O)(=O)CCCN4CCCCC4)C[C@H]3F)ncc2C(F)(F)F)cn1. The van der Waals surface area contributed by atoms with Crippen LogP contribution in [0.3, 0.4) is 0 Å². The number of rotatable bonds is 10. The number of nitrogens with one attached hydrogen (secondary N) is 1. The van der Waals surface area contributed by atoms with E-state index in [2.05, 4.69) is 25.3 Å². The van der Waals surface area contributed by atoms with Crippen LogP contribution in [0.4, 0.5) is 23.5 Å². The lowest BCUT2D eigenvalue weighted by atomic mass is 10.1. The van der Waals surface area contributed by atoms with Crippen LogP contribution in [-0.4, -0.2) is 98.8 Å². The summed E-state index contributed by atoms with van der Waals surface area (Å²) in [6.45, 7) is 5.52. The summed E-state index contributed by atoms with van der Waals surface area (Å²) in [6, 6.07) is -0.873. The van der Waals surface area contributed by atoms with Gasteiger partial charge in [-0.15, -0.1) is 0 Å². The van der Waals surface area contributed by atoms with Gasteiger partial charge < -0.3 is 15.3 Å². The van der Waals surface area contributed by atoms with E-state index < -0.39 is 45.3 Å². The van der Waals surface area contributed by atoms with Crippen LogP contribution in [0.2, 0.25) is 0 Å². The smallest absolute Gasteiger partial charge is 0.389 e. The molecular formula is C25H37F4N7O3S. The molecule has 2 saturated heterocycles. The van der Waals surface area contributed by atoms with E-state index >= 15 is 4.39 Å². The van der Waals surface area contributed by atoms with Gasteiger partial charge in [0.25, 0.3) is 0 Å². The number of sulfonamides is 1. The number of hydrogen-bond donors (Lipinski definition) is 2. The Hall–Kier alpha value is -2.36. The van der Waals surface area contributed by atoms with Gasteiger partial charge in [-0.3, -0.25) is 4.68 Å². The molecule has 0 spiro atoms. The maximum absolute atomic E-state index is 15.1. The van der Waals surface area contributed by atoms with Crippen molar-refractivity contribution in [2.45, 2.75) is 76.5 Å². The van der Waals surface area contributed by atoms with Crippen molar-refractivity contribution < 1.29 is 31.1 Å². The third-order valence-corrected chi connectivity index (χ3v) is 9.01. The lowest BCUT2D eigenvalue weighted by Gasteiger charge is -2.34. The monoisotopic (exact) mass is 591 g/mol. The molecule has 2 aromatic heterocycles. The van der Waals surface area contributed by atoms with Crippen molar-refractivity contribution in [1.29, 1.82) is 0 Å². The van der Waals surface area contributed by atoms with E-state index in [1.54, 1.807) is 13.8 Å². The summed E-state index contributed by atoms with van der Waals surface area (Å²) in [5.41, 5.74) is -2.59. The number of hydrogen-bond acceptors (Lipinski definition) is 8. The molecular weight excluding hydrogens is 554 g/mol. The van der Waals surface area contributed by atoms with E-state index in [-0.39, 0.29) is 43.3 Å². The molecule has 2 N–H and O–H groups in total. The minimum absolute atomic E-state index is 0.0494. The van der Waals surface area contributed by atoms with Gasteiger partial charge in [-0.1, -0.05) is 6.42 Å². The highest BCUT2D eigenvalue weighted by atomic mass is 32.2. The first-order valence-electron chi connectivity index (χ1n) is 13.5. The third kappa shape index (κ3) is 8.10. The van der Waals surface area contributed by atoms with Gasteiger partial charge in [-0.05, 0) is 59.2 Å². The number of nitrogens with zero attached hydrogens (tertiary/aromatic N) is 6. The molecule has 15 heteroatoms. The number of aliphatic hydroxyl groups is 1. The highest BCUT2D eigenvalue weighted by Crippen LogP contribution is 2.36. The highest BCUT2D eigenvalue weighted by Gasteiger charge is 2.38. The first kappa shape index (κ1) is 30.6. The van der Waals surface area contributed by atoms with Crippen LogP contribution in [0.1, 0.15) is 51.5 Å². The largest absolute Gasteiger partial charge is 0.419 e. The average Bonchev–Trinajstić information content (AvgIpc) is 3.32. The molecule has 40 heavy (non-hydrogen) atoms. The quantitative estimate of drug-likeness (QED) is 0.405. The van der Waals surface area contributed by atoms with E-state index in [4.69, 9.17) is 0 Å². The fourth-order valence-corrected chi connectivity index (χ4v) is 6.59. The maximum Gasteiger partial charge on any atom is 0.419 e. The van der Waals surface area contributed by atoms with Crippen molar-refractivity contribution in [1.82, 2.24) is 29.0 Å². The molecule has 0 radical (unpaired) electrons. The first-order chi connectivity index (χ1) is 18.7. The maximum atomic E-state index is 15.1. The van der Waals surface area contributed by atoms with Crippen molar-refractivity contribution in [3.63, 3.8) is 0 Å². The molecule has 2 atom stereocenters. The van der Waals surface area contributed by atoms with Gasteiger partial charge in [0.2, 0.25) is 16.0 Å². The summed E-state index contributed by atoms with van der Waals surface area (Å²) in [4.78, 5) is 10.1. The Morgan fingerprint density at radius 2 is 1.85 bits per heavy atom. The molecule has 0 aliphatic carbocycles. The Morgan fingerprint density at radius 3 is 2.50 bits per heavy atom. The van der Waals surface area contributed by atoms with Crippen molar-refractivity contribution >= 4 is 16.0 Å². The summed E-state index contributed by atoms with van der Waals surface area (Å²) < 4.78 is 84.4. The van der Waals surface area contributed by atoms with Crippen molar-refractivity contribution in [2.75, 3.05) is 43.8 Å². The second kappa shape index (κ2) is 12.2. The first-order valence-corrected chi connectivity index (χ1v) is 15.1. The predicted octanol–water partition coefficient (Wildman–Crippen LogP) is 3.16. The molecule has 0 amide bonds. The number of alkyl halides is 4. The second-order valence-corrected chi connectivity index (χ2v) is 13.3. The fourth-order valence-electron chi connectivity index (χ4n) is 5.09. The van der Waals surface area contributed by atoms with Crippen LogP contribution in [0, 0.1) is 0 Å². The topological polar surface area (TPSA) is 116 Å². The summed E-state index contributed by atoms with van der Waals surface area (Å²) in [6.07, 6.45) is 0.847. The predicted molar refractivity (Wildman–Crippen MR) is 142 cm³/mol. The number of halogens is 4. The second-order valence-electron chi connectivity index (χ2n) is 11.2. The summed E-state index contributed by atoms with van der Waals surface area (Å²) in [7, 11) is -3.63. The van der Waals surface area contributed by atoms with Gasteiger partial charge in [0.15, 0.2) is 0 Å². The van der Waals surface area contributed by atoms with Gasteiger partial charge in [0.1, 0.15) is 11.7 Å². The highest BCUT2D eigenvalue weighted by molar-refractivity contribution is 7.89. The number of anilines is 1. The molecule has 2 aliphatic rings. The standard InChI is InChI=1S/C25H37F4N7O3S/c1-24(2,37)17-35-15-18(13-31-35)22-19(25(27,28)29)14-30-23(33-22)32-21-7-11-36(16-20(21)26)40(38,39)12-6-10-34-8-4-3-5-9-34/h13-15,20-21,37H,3-12,16-17H2,1-2H3,(H,30,32,33)/t20-,21+/m1/s1. The number of piperidine rings is 2. The van der Waals surface area contributed by atoms with Gasteiger partial charge >= 0.3 is 6.18 Å². The molecule has 0 aromatic carbocycles. The zero-order chi connectivity index (χ0) is 29.1. The van der Waals surface area contributed by atoms with Gasteiger partial charge in [0, 0.05) is 31.0 Å². The normalized spacial score (nSPS) is 22.0. The van der Waals surface area contributed by atoms with Gasteiger partial charge in [0.05, 0.1) is 35.8 Å². The average molecular weight is 592 g/mol. The zero-order valence-electron chi connectivity index (χ0n) is 22.7. The molecule has 0 bridgehead atoms. The van der Waals surface area contributed by atoms with E-state index in [0.717, 1.165) is 30.2 Å². The molecule has 0 saturated carbocycles. The van der Waals surface area contributed by atoms with E-state index in [9.17, 15) is 26.7 Å². The molecule has 2 aliphatic heterocycles. The Morgan fingerprint density at radius 1 is 1.12 bits per heavy atom. The fraction of sp³-hybridized carbons (Fsp3) is 0.720. The molecule has 2 fully saturated rings. The summed E-state index contributed by atoms with van der Waals surface area (Å²) in [5.74, 6) is -0.260. The third-order valence-electron chi connectivity index (χ3n) is 7.09. The number of aromatic nitrogens is 4. The van der Waals surface area contributed by atoms with E-state index in [1.807, 2.05) is 0 Å². The molecule has 0 unspecified atom stereocenters. The van der Waals surface area contributed by atoms with Crippen LogP contribution in [-0.2, 0) is 22.7 Å². The van der Waals surface area contributed by atoms with Crippen LogP contribution in [0.15, 0.2) is 18.6 Å². The van der Waals surface area contributed by atoms with Crippen LogP contribution >= 0.6 is 0 Å².